The van der Waals surface area contributed by atoms with Crippen LogP contribution in [0.2, 0.25) is 10.0 Å². The van der Waals surface area contributed by atoms with Crippen LogP contribution in [0.5, 0.6) is 5.75 Å². The predicted molar refractivity (Wildman–Crippen MR) is 64.9 cm³/mol. The second-order valence-electron chi connectivity index (χ2n) is 3.53. The molecule has 92 valence electrons. The normalized spacial score (nSPS) is 18.9. The number of fused-ring (bicyclic) bond motifs is 1. The third-order valence-electron chi connectivity index (χ3n) is 2.57. The molecule has 0 saturated carbocycles. The average molecular weight is 276 g/mol. The standard InChI is InChI=1S/C10H11Cl2N3O2/c1-2-15-9(14-13)6-3-5(11)4-7(12)8(6)17-10(15)16/h3-4,9,14H,2,13H2,1H3. The highest BCUT2D eigenvalue weighted by molar-refractivity contribution is 6.35. The molecule has 0 saturated heterocycles. The van der Waals surface area contributed by atoms with Crippen molar-refractivity contribution in [3.8, 4) is 5.75 Å². The van der Waals surface area contributed by atoms with Crippen LogP contribution in [0.3, 0.4) is 0 Å². The van der Waals surface area contributed by atoms with Gasteiger partial charge in [-0.05, 0) is 19.1 Å². The van der Waals surface area contributed by atoms with Crippen molar-refractivity contribution < 1.29 is 9.53 Å². The first-order valence-corrected chi connectivity index (χ1v) is 5.77. The van der Waals surface area contributed by atoms with Crippen LogP contribution in [0.4, 0.5) is 4.79 Å². The van der Waals surface area contributed by atoms with Crippen LogP contribution in [0.15, 0.2) is 12.1 Å². The molecule has 1 unspecified atom stereocenters. The quantitative estimate of drug-likeness (QED) is 0.642. The van der Waals surface area contributed by atoms with Crippen molar-refractivity contribution in [1.82, 2.24) is 10.3 Å². The number of benzene rings is 1. The van der Waals surface area contributed by atoms with E-state index in [4.69, 9.17) is 33.8 Å². The third kappa shape index (κ3) is 2.07. The first-order valence-electron chi connectivity index (χ1n) is 5.02. The van der Waals surface area contributed by atoms with E-state index in [1.165, 1.54) is 11.0 Å². The Bertz CT molecular complexity index is 467. The van der Waals surface area contributed by atoms with Gasteiger partial charge in [0.15, 0.2) is 5.75 Å². The van der Waals surface area contributed by atoms with Crippen molar-refractivity contribution in [2.75, 3.05) is 6.54 Å². The Balaban J connectivity index is 2.56. The Morgan fingerprint density at radius 1 is 1.53 bits per heavy atom. The molecule has 2 rings (SSSR count). The van der Waals surface area contributed by atoms with Crippen molar-refractivity contribution in [1.29, 1.82) is 0 Å². The van der Waals surface area contributed by atoms with Crippen LogP contribution in [0.1, 0.15) is 18.7 Å². The van der Waals surface area contributed by atoms with E-state index >= 15 is 0 Å². The number of amides is 1. The summed E-state index contributed by atoms with van der Waals surface area (Å²) in [6.07, 6.45) is -0.986. The molecule has 1 heterocycles. The first kappa shape index (κ1) is 12.4. The lowest BCUT2D eigenvalue weighted by Crippen LogP contribution is -2.48. The molecule has 1 amide bonds. The highest BCUT2D eigenvalue weighted by Gasteiger charge is 2.34. The molecule has 1 aromatic rings. The van der Waals surface area contributed by atoms with Crippen molar-refractivity contribution in [3.05, 3.63) is 27.7 Å². The Morgan fingerprint density at radius 3 is 2.82 bits per heavy atom. The van der Waals surface area contributed by atoms with Gasteiger partial charge in [-0.3, -0.25) is 10.7 Å². The van der Waals surface area contributed by atoms with E-state index < -0.39 is 12.3 Å². The molecule has 0 aliphatic carbocycles. The van der Waals surface area contributed by atoms with Crippen LogP contribution in [-0.2, 0) is 0 Å². The number of rotatable bonds is 2. The topological polar surface area (TPSA) is 67.6 Å². The number of hydrogen-bond donors (Lipinski definition) is 2. The molecular formula is C10H11Cl2N3O2. The van der Waals surface area contributed by atoms with E-state index in [-0.39, 0.29) is 5.02 Å². The molecule has 1 aromatic carbocycles. The zero-order valence-electron chi connectivity index (χ0n) is 9.04. The van der Waals surface area contributed by atoms with Gasteiger partial charge in [-0.1, -0.05) is 23.2 Å². The Labute approximate surface area is 108 Å². The summed E-state index contributed by atoms with van der Waals surface area (Å²) in [5.74, 6) is 5.76. The number of nitrogens with two attached hydrogens (primary N) is 1. The summed E-state index contributed by atoms with van der Waals surface area (Å²) in [6, 6.07) is 3.19. The minimum atomic E-state index is -0.493. The van der Waals surface area contributed by atoms with E-state index in [1.807, 2.05) is 6.92 Å². The van der Waals surface area contributed by atoms with Crippen LogP contribution in [0.25, 0.3) is 0 Å². The van der Waals surface area contributed by atoms with Crippen LogP contribution in [0, 0.1) is 0 Å². The van der Waals surface area contributed by atoms with Gasteiger partial charge in [0, 0.05) is 17.1 Å². The van der Waals surface area contributed by atoms with Crippen LogP contribution in [-0.4, -0.2) is 17.5 Å². The van der Waals surface area contributed by atoms with Gasteiger partial charge in [0.2, 0.25) is 0 Å². The minimum Gasteiger partial charge on any atom is -0.408 e. The van der Waals surface area contributed by atoms with Gasteiger partial charge in [0.1, 0.15) is 6.17 Å². The largest absolute Gasteiger partial charge is 0.416 e. The second kappa shape index (κ2) is 4.70. The summed E-state index contributed by atoms with van der Waals surface area (Å²) < 4.78 is 5.15. The number of carbonyl (C=O) groups is 1. The summed E-state index contributed by atoms with van der Waals surface area (Å²) in [5.41, 5.74) is 3.20. The Morgan fingerprint density at radius 2 is 2.24 bits per heavy atom. The van der Waals surface area contributed by atoms with E-state index in [0.717, 1.165) is 0 Å². The highest BCUT2D eigenvalue weighted by atomic mass is 35.5. The number of carbonyl (C=O) groups excluding carboxylic acids is 1. The fourth-order valence-electron chi connectivity index (χ4n) is 1.80. The van der Waals surface area contributed by atoms with E-state index in [2.05, 4.69) is 5.43 Å². The van der Waals surface area contributed by atoms with Gasteiger partial charge >= 0.3 is 6.09 Å². The van der Waals surface area contributed by atoms with Crippen molar-refractivity contribution >= 4 is 29.3 Å². The maximum absolute atomic E-state index is 11.7. The molecule has 0 aromatic heterocycles. The van der Waals surface area contributed by atoms with Gasteiger partial charge in [-0.25, -0.2) is 10.2 Å². The van der Waals surface area contributed by atoms with Crippen LogP contribution >= 0.6 is 23.2 Å². The summed E-state index contributed by atoms with van der Waals surface area (Å²) in [4.78, 5) is 13.2. The molecule has 0 bridgehead atoms. The van der Waals surface area contributed by atoms with Gasteiger partial charge < -0.3 is 4.74 Å². The first-order chi connectivity index (χ1) is 8.08. The molecule has 0 fully saturated rings. The Hall–Kier alpha value is -1.01. The summed E-state index contributed by atoms with van der Waals surface area (Å²) in [6.45, 7) is 2.28. The summed E-state index contributed by atoms with van der Waals surface area (Å²) >= 11 is 11.9. The maximum Gasteiger partial charge on any atom is 0.416 e. The maximum atomic E-state index is 11.7. The molecule has 7 heteroatoms. The van der Waals surface area contributed by atoms with Crippen molar-refractivity contribution in [2.45, 2.75) is 13.1 Å². The SMILES string of the molecule is CCN1C(=O)Oc2c(Cl)cc(Cl)cc2C1NN. The fraction of sp³-hybridized carbons (Fsp3) is 0.300. The average Bonchev–Trinajstić information content (AvgIpc) is 2.28. The molecular weight excluding hydrogens is 265 g/mol. The number of nitrogens with one attached hydrogen (secondary N) is 1. The van der Waals surface area contributed by atoms with Gasteiger partial charge in [0.25, 0.3) is 0 Å². The third-order valence-corrected chi connectivity index (χ3v) is 3.06. The predicted octanol–water partition coefficient (Wildman–Crippen LogP) is 2.29. The molecule has 0 radical (unpaired) electrons. The zero-order chi connectivity index (χ0) is 12.6. The summed E-state index contributed by atoms with van der Waals surface area (Å²) in [7, 11) is 0. The van der Waals surface area contributed by atoms with E-state index in [0.29, 0.717) is 22.9 Å². The van der Waals surface area contributed by atoms with Gasteiger partial charge in [-0.2, -0.15) is 0 Å². The number of halogens is 2. The molecule has 5 nitrogen and oxygen atoms in total. The number of nitrogens with zero attached hydrogens (tertiary/aromatic N) is 1. The number of hydrogen-bond acceptors (Lipinski definition) is 4. The Kier molecular flexibility index (Phi) is 3.44. The fourth-order valence-corrected chi connectivity index (χ4v) is 2.35. The lowest BCUT2D eigenvalue weighted by molar-refractivity contribution is 0.108. The number of ether oxygens (including phenoxy) is 1. The van der Waals surface area contributed by atoms with Crippen molar-refractivity contribution in [2.24, 2.45) is 5.84 Å². The minimum absolute atomic E-state index is 0.289. The van der Waals surface area contributed by atoms with E-state index in [9.17, 15) is 4.79 Å². The van der Waals surface area contributed by atoms with Gasteiger partial charge in [0.05, 0.1) is 5.02 Å². The second-order valence-corrected chi connectivity index (χ2v) is 4.37. The molecule has 0 spiro atoms. The lowest BCUT2D eigenvalue weighted by atomic mass is 10.1. The van der Waals surface area contributed by atoms with Gasteiger partial charge in [-0.15, -0.1) is 0 Å². The highest BCUT2D eigenvalue weighted by Crippen LogP contribution is 2.40. The molecule has 17 heavy (non-hydrogen) atoms. The molecule has 3 N–H and O–H groups in total. The van der Waals surface area contributed by atoms with E-state index in [1.54, 1.807) is 6.07 Å². The molecule has 1 aliphatic rings. The van der Waals surface area contributed by atoms with Crippen LogP contribution < -0.4 is 16.0 Å². The summed E-state index contributed by atoms with van der Waals surface area (Å²) in [5, 5.41) is 0.750. The lowest BCUT2D eigenvalue weighted by Gasteiger charge is -2.35. The molecule has 1 atom stereocenters. The van der Waals surface area contributed by atoms with Crippen molar-refractivity contribution in [3.63, 3.8) is 0 Å². The number of hydrazine groups is 1. The molecule has 1 aliphatic heterocycles. The smallest absolute Gasteiger partial charge is 0.408 e. The monoisotopic (exact) mass is 275 g/mol. The zero-order valence-corrected chi connectivity index (χ0v) is 10.5.